The molecule has 296 valence electrons. The summed E-state index contributed by atoms with van der Waals surface area (Å²) in [5.74, 6) is 1.63. The average molecular weight is 817 g/mol. The molecule has 8 aromatic carbocycles. The lowest BCUT2D eigenvalue weighted by molar-refractivity contribution is 0.669. The SMILES string of the molecule is C=Cc1c(C=C)c2c3cccc(-c4ccc5sc6ccccc6c5c4)c3n(-c3nc(-c4ccccc4)nc(-c4ccc5c(c4)oc4ccccc45)n3)c2c2ccccc12.CCC. The molecule has 0 fully saturated rings. The Morgan fingerprint density at radius 3 is 1.92 bits per heavy atom. The van der Waals surface area contributed by atoms with E-state index in [1.807, 2.05) is 78.1 Å². The second kappa shape index (κ2) is 15.1. The van der Waals surface area contributed by atoms with Crippen molar-refractivity contribution in [1.29, 1.82) is 0 Å². The number of furan rings is 1. The summed E-state index contributed by atoms with van der Waals surface area (Å²) in [4.78, 5) is 15.9. The summed E-state index contributed by atoms with van der Waals surface area (Å²) in [6.45, 7) is 12.9. The van der Waals surface area contributed by atoms with E-state index in [1.165, 1.54) is 26.6 Å². The van der Waals surface area contributed by atoms with Crippen LogP contribution in [0.5, 0.6) is 0 Å². The molecule has 5 nitrogen and oxygen atoms in total. The van der Waals surface area contributed by atoms with Crippen LogP contribution in [0.2, 0.25) is 0 Å². The first kappa shape index (κ1) is 37.3. The molecule has 0 aliphatic heterocycles. The van der Waals surface area contributed by atoms with Gasteiger partial charge in [-0.1, -0.05) is 167 Å². The Bertz CT molecular complexity index is 3740. The largest absolute Gasteiger partial charge is 0.456 e. The van der Waals surface area contributed by atoms with Crippen molar-refractivity contribution in [3.05, 3.63) is 182 Å². The highest BCUT2D eigenvalue weighted by Gasteiger charge is 2.25. The first-order valence-electron chi connectivity index (χ1n) is 21.0. The molecule has 12 rings (SSSR count). The number of benzene rings is 8. The molecule has 0 bridgehead atoms. The third-order valence-corrected chi connectivity index (χ3v) is 12.8. The maximum absolute atomic E-state index is 6.37. The minimum absolute atomic E-state index is 0.514. The van der Waals surface area contributed by atoms with Gasteiger partial charge in [-0.25, -0.2) is 4.98 Å². The molecular formula is C56H40N4OS. The molecule has 0 unspecified atom stereocenters. The van der Waals surface area contributed by atoms with E-state index in [1.54, 1.807) is 0 Å². The Morgan fingerprint density at radius 2 is 1.13 bits per heavy atom. The van der Waals surface area contributed by atoms with Gasteiger partial charge in [0.15, 0.2) is 11.6 Å². The lowest BCUT2D eigenvalue weighted by Gasteiger charge is -2.15. The molecule has 0 saturated carbocycles. The first-order valence-corrected chi connectivity index (χ1v) is 21.8. The number of hydrogen-bond acceptors (Lipinski definition) is 5. The average Bonchev–Trinajstić information content (AvgIpc) is 4.01. The van der Waals surface area contributed by atoms with Gasteiger partial charge in [0.2, 0.25) is 5.95 Å². The number of fused-ring (bicyclic) bond motifs is 11. The Labute approximate surface area is 362 Å². The fourth-order valence-electron chi connectivity index (χ4n) is 9.00. The predicted molar refractivity (Wildman–Crippen MR) is 264 cm³/mol. The van der Waals surface area contributed by atoms with Gasteiger partial charge in [-0.2, -0.15) is 9.97 Å². The van der Waals surface area contributed by atoms with Gasteiger partial charge in [-0.15, -0.1) is 11.3 Å². The van der Waals surface area contributed by atoms with Crippen molar-refractivity contribution in [2.45, 2.75) is 20.3 Å². The van der Waals surface area contributed by atoms with Crippen molar-refractivity contribution in [3.63, 3.8) is 0 Å². The van der Waals surface area contributed by atoms with Crippen molar-refractivity contribution in [1.82, 2.24) is 19.5 Å². The van der Waals surface area contributed by atoms with Crippen LogP contribution in [-0.2, 0) is 0 Å². The molecule has 0 aliphatic rings. The van der Waals surface area contributed by atoms with E-state index in [0.29, 0.717) is 17.6 Å². The normalized spacial score (nSPS) is 11.6. The third-order valence-electron chi connectivity index (χ3n) is 11.6. The maximum Gasteiger partial charge on any atom is 0.238 e. The number of hydrogen-bond donors (Lipinski definition) is 0. The smallest absolute Gasteiger partial charge is 0.238 e. The second-order valence-electron chi connectivity index (χ2n) is 15.5. The fourth-order valence-corrected chi connectivity index (χ4v) is 10.1. The van der Waals surface area contributed by atoms with Crippen molar-refractivity contribution in [3.8, 4) is 39.9 Å². The number of aromatic nitrogens is 4. The molecule has 12 aromatic rings. The summed E-state index contributed by atoms with van der Waals surface area (Å²) < 4.78 is 11.2. The van der Waals surface area contributed by atoms with Gasteiger partial charge < -0.3 is 4.42 Å². The van der Waals surface area contributed by atoms with E-state index in [0.717, 1.165) is 87.9 Å². The summed E-state index contributed by atoms with van der Waals surface area (Å²) in [7, 11) is 0. The van der Waals surface area contributed by atoms with E-state index in [2.05, 4.69) is 135 Å². The Hall–Kier alpha value is -7.67. The highest BCUT2D eigenvalue weighted by molar-refractivity contribution is 7.25. The molecular weight excluding hydrogens is 777 g/mol. The number of nitrogens with zero attached hydrogens (tertiary/aromatic N) is 4. The molecule has 0 N–H and O–H groups in total. The summed E-state index contributed by atoms with van der Waals surface area (Å²) in [6, 6.07) is 55.1. The van der Waals surface area contributed by atoms with Crippen LogP contribution < -0.4 is 0 Å². The predicted octanol–water partition coefficient (Wildman–Crippen LogP) is 16.1. The Morgan fingerprint density at radius 1 is 0.500 bits per heavy atom. The van der Waals surface area contributed by atoms with Gasteiger partial charge in [0.1, 0.15) is 11.2 Å². The Balaban J connectivity index is 0.00000140. The van der Waals surface area contributed by atoms with Crippen LogP contribution in [0.1, 0.15) is 31.4 Å². The lowest BCUT2D eigenvalue weighted by Crippen LogP contribution is -2.07. The Kier molecular flexibility index (Phi) is 9.10. The summed E-state index contributed by atoms with van der Waals surface area (Å²) >= 11 is 1.82. The van der Waals surface area contributed by atoms with Crippen LogP contribution in [0, 0.1) is 0 Å². The van der Waals surface area contributed by atoms with Crippen LogP contribution in [0.3, 0.4) is 0 Å². The molecule has 6 heteroatoms. The topological polar surface area (TPSA) is 56.7 Å². The highest BCUT2D eigenvalue weighted by Crippen LogP contribution is 2.46. The first-order chi connectivity index (χ1) is 30.6. The van der Waals surface area contributed by atoms with Crippen LogP contribution in [-0.4, -0.2) is 19.5 Å². The van der Waals surface area contributed by atoms with E-state index < -0.39 is 0 Å². The van der Waals surface area contributed by atoms with E-state index in [-0.39, 0.29) is 0 Å². The standard InChI is InChI=1S/C53H32N4OS.C3H8/c1-3-34-35(4-2)48-42-22-14-21-36(32-26-28-47-43(29-32)40-19-11-13-24-46(40)59-47)49(42)57(50(48)41-20-9-8-17-37(34)41)53-55-51(31-15-6-5-7-16-31)54-52(56-53)33-25-27-39-38-18-10-12-23-44(38)58-45(39)30-33;1-3-2/h3-30H,1-2H2;3H2,1-2H3. The lowest BCUT2D eigenvalue weighted by atomic mass is 9.93. The van der Waals surface area contributed by atoms with Crippen LogP contribution in [0.4, 0.5) is 0 Å². The zero-order chi connectivity index (χ0) is 41.9. The quantitative estimate of drug-likeness (QED) is 0.168. The molecule has 0 spiro atoms. The van der Waals surface area contributed by atoms with Crippen LogP contribution in [0.15, 0.2) is 175 Å². The summed E-state index contributed by atoms with van der Waals surface area (Å²) in [6.07, 6.45) is 5.16. The monoisotopic (exact) mass is 816 g/mol. The zero-order valence-corrected chi connectivity index (χ0v) is 35.2. The maximum atomic E-state index is 6.37. The molecule has 4 heterocycles. The number of para-hydroxylation sites is 2. The zero-order valence-electron chi connectivity index (χ0n) is 34.4. The van der Waals surface area contributed by atoms with Crippen molar-refractivity contribution >= 4 is 98.2 Å². The molecule has 0 aliphatic carbocycles. The summed E-state index contributed by atoms with van der Waals surface area (Å²) in [5.41, 5.74) is 9.58. The van der Waals surface area contributed by atoms with Crippen molar-refractivity contribution in [2.24, 2.45) is 0 Å². The fraction of sp³-hybridized carbons (Fsp3) is 0.0536. The van der Waals surface area contributed by atoms with Gasteiger partial charge in [-0.3, -0.25) is 4.57 Å². The summed E-state index contributed by atoms with van der Waals surface area (Å²) in [5, 5.41) is 8.91. The molecule has 0 amide bonds. The molecule has 0 saturated heterocycles. The van der Waals surface area contributed by atoms with Gasteiger partial charge in [0.25, 0.3) is 0 Å². The third kappa shape index (κ3) is 5.86. The second-order valence-corrected chi connectivity index (χ2v) is 16.6. The van der Waals surface area contributed by atoms with Crippen molar-refractivity contribution in [2.75, 3.05) is 0 Å². The van der Waals surface area contributed by atoms with E-state index in [9.17, 15) is 0 Å². The van der Waals surface area contributed by atoms with Gasteiger partial charge in [-0.05, 0) is 58.5 Å². The van der Waals surface area contributed by atoms with Gasteiger partial charge in [0.05, 0.1) is 11.0 Å². The number of thiophene rings is 1. The van der Waals surface area contributed by atoms with E-state index in [4.69, 9.17) is 19.4 Å². The van der Waals surface area contributed by atoms with Gasteiger partial charge in [0, 0.05) is 63.8 Å². The molecule has 0 atom stereocenters. The number of rotatable bonds is 6. The minimum Gasteiger partial charge on any atom is -0.456 e. The van der Waals surface area contributed by atoms with Crippen molar-refractivity contribution < 1.29 is 4.42 Å². The highest BCUT2D eigenvalue weighted by atomic mass is 32.1. The van der Waals surface area contributed by atoms with Crippen LogP contribution >= 0.6 is 11.3 Å². The molecule has 4 aromatic heterocycles. The van der Waals surface area contributed by atoms with Gasteiger partial charge >= 0.3 is 0 Å². The van der Waals surface area contributed by atoms with E-state index >= 15 is 0 Å². The van der Waals surface area contributed by atoms with Crippen LogP contribution in [0.25, 0.3) is 127 Å². The molecule has 0 radical (unpaired) electrons. The minimum atomic E-state index is 0.514. The molecule has 62 heavy (non-hydrogen) atoms.